The van der Waals surface area contributed by atoms with Crippen LogP contribution in [0, 0.1) is 5.92 Å². The molecule has 0 aliphatic carbocycles. The Morgan fingerprint density at radius 2 is 2.05 bits per heavy atom. The van der Waals surface area contributed by atoms with Gasteiger partial charge in [-0.05, 0) is 36.7 Å². The minimum Gasteiger partial charge on any atom is -0.369 e. The van der Waals surface area contributed by atoms with Gasteiger partial charge in [0, 0.05) is 12.1 Å². The van der Waals surface area contributed by atoms with E-state index in [0.717, 1.165) is 42.5 Å². The third kappa shape index (κ3) is 3.98. The summed E-state index contributed by atoms with van der Waals surface area (Å²) in [6.45, 7) is 3.15. The molecule has 0 amide bonds. The molecule has 0 radical (unpaired) electrons. The lowest BCUT2D eigenvalue weighted by atomic mass is 10.0. The quantitative estimate of drug-likeness (QED) is 0.548. The van der Waals surface area contributed by atoms with Crippen molar-refractivity contribution >= 4 is 23.4 Å². The molecule has 1 aromatic rings. The van der Waals surface area contributed by atoms with Crippen LogP contribution in [0.2, 0.25) is 0 Å². The standard InChI is InChI=1S/C13H23N5S/c1-2-3-11-12(16-9-17-13(11)18-14)15-8-10-4-6-19-7-5-10/h9-10H,2-8,14H2,1H3,(H2,15,16,17,18). The molecule has 5 nitrogen and oxygen atoms in total. The van der Waals surface area contributed by atoms with E-state index in [1.54, 1.807) is 6.33 Å². The van der Waals surface area contributed by atoms with Crippen LogP contribution in [-0.4, -0.2) is 28.0 Å². The van der Waals surface area contributed by atoms with Crippen molar-refractivity contribution in [1.29, 1.82) is 0 Å². The zero-order valence-corrected chi connectivity index (χ0v) is 12.3. The first kappa shape index (κ1) is 14.4. The summed E-state index contributed by atoms with van der Waals surface area (Å²) in [5, 5.41) is 3.49. The number of hydrogen-bond donors (Lipinski definition) is 3. The molecule has 0 aromatic carbocycles. The van der Waals surface area contributed by atoms with E-state index in [2.05, 4.69) is 39.4 Å². The Balaban J connectivity index is 2.01. The van der Waals surface area contributed by atoms with Gasteiger partial charge in [0.05, 0.1) is 0 Å². The minimum atomic E-state index is 0.735. The van der Waals surface area contributed by atoms with Crippen LogP contribution >= 0.6 is 11.8 Å². The average molecular weight is 281 g/mol. The molecule has 19 heavy (non-hydrogen) atoms. The summed E-state index contributed by atoms with van der Waals surface area (Å²) in [5.41, 5.74) is 3.76. The molecule has 1 aliphatic rings. The molecule has 1 saturated heterocycles. The second-order valence-electron chi connectivity index (χ2n) is 4.88. The summed E-state index contributed by atoms with van der Waals surface area (Å²) >= 11 is 2.06. The monoisotopic (exact) mass is 281 g/mol. The predicted octanol–water partition coefficient (Wildman–Crippen LogP) is 2.27. The fourth-order valence-electron chi connectivity index (χ4n) is 2.37. The smallest absolute Gasteiger partial charge is 0.148 e. The second kappa shape index (κ2) is 7.55. The Kier molecular flexibility index (Phi) is 5.72. The Hall–Kier alpha value is -1.01. The lowest BCUT2D eigenvalue weighted by Crippen LogP contribution is -2.21. The topological polar surface area (TPSA) is 75.9 Å². The highest BCUT2D eigenvalue weighted by atomic mass is 32.2. The third-order valence-electron chi connectivity index (χ3n) is 3.48. The molecule has 0 bridgehead atoms. The van der Waals surface area contributed by atoms with Crippen molar-refractivity contribution in [3.8, 4) is 0 Å². The van der Waals surface area contributed by atoms with Gasteiger partial charge in [0.25, 0.3) is 0 Å². The van der Waals surface area contributed by atoms with Gasteiger partial charge in [-0.25, -0.2) is 15.8 Å². The molecule has 0 unspecified atom stereocenters. The summed E-state index contributed by atoms with van der Waals surface area (Å²) in [5.74, 6) is 10.5. The summed E-state index contributed by atoms with van der Waals surface area (Å²) in [7, 11) is 0. The number of hydrogen-bond acceptors (Lipinski definition) is 6. The number of nitrogens with one attached hydrogen (secondary N) is 2. The Bertz CT molecular complexity index is 393. The lowest BCUT2D eigenvalue weighted by Gasteiger charge is -2.22. The zero-order chi connectivity index (χ0) is 13.5. The Morgan fingerprint density at radius 1 is 1.32 bits per heavy atom. The van der Waals surface area contributed by atoms with Crippen LogP contribution in [-0.2, 0) is 6.42 Å². The Labute approximate surface area is 119 Å². The first-order chi connectivity index (χ1) is 9.35. The molecule has 0 spiro atoms. The van der Waals surface area contributed by atoms with Crippen molar-refractivity contribution in [2.45, 2.75) is 32.6 Å². The van der Waals surface area contributed by atoms with Crippen LogP contribution < -0.4 is 16.6 Å². The van der Waals surface area contributed by atoms with Crippen molar-refractivity contribution in [3.05, 3.63) is 11.9 Å². The van der Waals surface area contributed by atoms with Crippen LogP contribution in [0.3, 0.4) is 0 Å². The van der Waals surface area contributed by atoms with Crippen LogP contribution in [0.4, 0.5) is 11.6 Å². The molecule has 2 heterocycles. The van der Waals surface area contributed by atoms with Crippen molar-refractivity contribution in [1.82, 2.24) is 9.97 Å². The first-order valence-corrected chi connectivity index (χ1v) is 8.12. The van der Waals surface area contributed by atoms with Gasteiger partial charge in [-0.15, -0.1) is 0 Å². The normalized spacial score (nSPS) is 16.3. The number of nitrogens with zero attached hydrogens (tertiary/aromatic N) is 2. The van der Waals surface area contributed by atoms with Gasteiger partial charge >= 0.3 is 0 Å². The van der Waals surface area contributed by atoms with Crippen molar-refractivity contribution in [2.75, 3.05) is 28.8 Å². The maximum absolute atomic E-state index is 5.52. The first-order valence-electron chi connectivity index (χ1n) is 6.97. The maximum atomic E-state index is 5.52. The molecule has 0 saturated carbocycles. The van der Waals surface area contributed by atoms with E-state index in [1.807, 2.05) is 0 Å². The third-order valence-corrected chi connectivity index (χ3v) is 4.53. The highest BCUT2D eigenvalue weighted by Crippen LogP contribution is 2.25. The minimum absolute atomic E-state index is 0.735. The van der Waals surface area contributed by atoms with E-state index in [-0.39, 0.29) is 0 Å². The molecule has 1 fully saturated rings. The predicted molar refractivity (Wildman–Crippen MR) is 82.4 cm³/mol. The van der Waals surface area contributed by atoms with E-state index in [0.29, 0.717) is 0 Å². The summed E-state index contributed by atoms with van der Waals surface area (Å²) in [6, 6.07) is 0. The molecule has 1 aromatic heterocycles. The van der Waals surface area contributed by atoms with Gasteiger partial charge < -0.3 is 10.7 Å². The lowest BCUT2D eigenvalue weighted by molar-refractivity contribution is 0.515. The number of anilines is 2. The van der Waals surface area contributed by atoms with Crippen molar-refractivity contribution in [3.63, 3.8) is 0 Å². The molecule has 0 atom stereocenters. The second-order valence-corrected chi connectivity index (χ2v) is 6.11. The molecule has 106 valence electrons. The summed E-state index contributed by atoms with van der Waals surface area (Å²) in [4.78, 5) is 8.55. The number of rotatable bonds is 6. The van der Waals surface area contributed by atoms with E-state index < -0.39 is 0 Å². The summed E-state index contributed by atoms with van der Waals surface area (Å²) < 4.78 is 0. The van der Waals surface area contributed by atoms with E-state index in [4.69, 9.17) is 5.84 Å². The van der Waals surface area contributed by atoms with Crippen molar-refractivity contribution in [2.24, 2.45) is 11.8 Å². The largest absolute Gasteiger partial charge is 0.369 e. The molecule has 4 N–H and O–H groups in total. The van der Waals surface area contributed by atoms with Gasteiger partial charge in [-0.2, -0.15) is 11.8 Å². The van der Waals surface area contributed by atoms with Crippen molar-refractivity contribution < 1.29 is 0 Å². The number of nitrogens with two attached hydrogens (primary N) is 1. The summed E-state index contributed by atoms with van der Waals surface area (Å²) in [6.07, 6.45) is 6.15. The average Bonchev–Trinajstić information content (AvgIpc) is 2.47. The highest BCUT2D eigenvalue weighted by molar-refractivity contribution is 7.99. The fourth-order valence-corrected chi connectivity index (χ4v) is 3.57. The van der Waals surface area contributed by atoms with Gasteiger partial charge in [-0.3, -0.25) is 0 Å². The molecule has 1 aliphatic heterocycles. The van der Waals surface area contributed by atoms with Gasteiger partial charge in [0.1, 0.15) is 18.0 Å². The molecular weight excluding hydrogens is 258 g/mol. The zero-order valence-electron chi connectivity index (χ0n) is 11.5. The van der Waals surface area contributed by atoms with Crippen LogP contribution in [0.5, 0.6) is 0 Å². The number of thioether (sulfide) groups is 1. The Morgan fingerprint density at radius 3 is 2.74 bits per heavy atom. The number of nitrogen functional groups attached to an aromatic ring is 1. The fraction of sp³-hybridized carbons (Fsp3) is 0.692. The van der Waals surface area contributed by atoms with Crippen LogP contribution in [0.25, 0.3) is 0 Å². The van der Waals surface area contributed by atoms with Gasteiger partial charge in [0.15, 0.2) is 0 Å². The van der Waals surface area contributed by atoms with Gasteiger partial charge in [0.2, 0.25) is 0 Å². The van der Waals surface area contributed by atoms with E-state index in [9.17, 15) is 0 Å². The van der Waals surface area contributed by atoms with E-state index in [1.165, 1.54) is 24.3 Å². The molecule has 6 heteroatoms. The highest BCUT2D eigenvalue weighted by Gasteiger charge is 2.15. The molecular formula is C13H23N5S. The van der Waals surface area contributed by atoms with Crippen LogP contribution in [0.15, 0.2) is 6.33 Å². The van der Waals surface area contributed by atoms with Gasteiger partial charge in [-0.1, -0.05) is 13.3 Å². The SMILES string of the molecule is CCCc1c(NN)ncnc1NCC1CCSCC1. The van der Waals surface area contributed by atoms with E-state index >= 15 is 0 Å². The maximum Gasteiger partial charge on any atom is 0.148 e. The number of hydrazine groups is 1. The molecule has 2 rings (SSSR count). The van der Waals surface area contributed by atoms with Crippen LogP contribution in [0.1, 0.15) is 31.7 Å². The number of aromatic nitrogens is 2.